The van der Waals surface area contributed by atoms with Gasteiger partial charge in [-0.15, -0.1) is 0 Å². The van der Waals surface area contributed by atoms with Crippen LogP contribution in [0.4, 0.5) is 0 Å². The fraction of sp³-hybridized carbons (Fsp3) is 0.636. The minimum Gasteiger partial charge on any atom is -0.402 e. The van der Waals surface area contributed by atoms with Gasteiger partial charge in [0.25, 0.3) is 0 Å². The number of allylic oxidation sites excluding steroid dienone is 4. The molecule has 2 aliphatic rings. The van der Waals surface area contributed by atoms with E-state index in [9.17, 15) is 0 Å². The van der Waals surface area contributed by atoms with Gasteiger partial charge in [-0.1, -0.05) is 25.5 Å². The summed E-state index contributed by atoms with van der Waals surface area (Å²) in [6, 6.07) is 0. The molecular weight excluding hydrogens is 146 g/mol. The Balaban J connectivity index is 2.28. The molecule has 12 heavy (non-hydrogen) atoms. The fourth-order valence-corrected chi connectivity index (χ4v) is 2.68. The van der Waals surface area contributed by atoms with Gasteiger partial charge >= 0.3 is 0 Å². The molecule has 66 valence electrons. The molecule has 0 spiro atoms. The summed E-state index contributed by atoms with van der Waals surface area (Å²) < 4.78 is 0. The summed E-state index contributed by atoms with van der Waals surface area (Å²) in [5, 5.41) is 0. The summed E-state index contributed by atoms with van der Waals surface area (Å²) in [5.41, 5.74) is 8.51. The molecule has 1 nitrogen and oxygen atoms in total. The monoisotopic (exact) mass is 163 g/mol. The third-order valence-corrected chi connectivity index (χ3v) is 3.35. The van der Waals surface area contributed by atoms with E-state index in [-0.39, 0.29) is 0 Å². The van der Waals surface area contributed by atoms with E-state index < -0.39 is 0 Å². The third-order valence-electron chi connectivity index (χ3n) is 3.35. The molecule has 0 amide bonds. The van der Waals surface area contributed by atoms with Gasteiger partial charge in [-0.05, 0) is 36.7 Å². The molecule has 1 heteroatoms. The van der Waals surface area contributed by atoms with Crippen molar-refractivity contribution >= 4 is 0 Å². The van der Waals surface area contributed by atoms with E-state index in [0.29, 0.717) is 0 Å². The Kier molecular flexibility index (Phi) is 1.75. The lowest BCUT2D eigenvalue weighted by Crippen LogP contribution is -2.14. The van der Waals surface area contributed by atoms with Gasteiger partial charge < -0.3 is 5.73 Å². The van der Waals surface area contributed by atoms with Crippen molar-refractivity contribution in [2.45, 2.75) is 26.7 Å². The Morgan fingerprint density at radius 3 is 2.83 bits per heavy atom. The molecule has 0 heterocycles. The summed E-state index contributed by atoms with van der Waals surface area (Å²) in [7, 11) is 0. The molecule has 0 aliphatic heterocycles. The third kappa shape index (κ3) is 1.08. The van der Waals surface area contributed by atoms with Crippen LogP contribution in [0.25, 0.3) is 0 Å². The van der Waals surface area contributed by atoms with Crippen LogP contribution in [0.5, 0.6) is 0 Å². The largest absolute Gasteiger partial charge is 0.402 e. The maximum atomic E-state index is 5.81. The van der Waals surface area contributed by atoms with Gasteiger partial charge in [0.2, 0.25) is 0 Å². The second kappa shape index (κ2) is 2.65. The molecule has 0 aromatic carbocycles. The zero-order valence-corrected chi connectivity index (χ0v) is 7.88. The summed E-state index contributed by atoms with van der Waals surface area (Å²) in [6.07, 6.45) is 6.77. The van der Waals surface area contributed by atoms with E-state index in [1.165, 1.54) is 6.42 Å². The zero-order valence-electron chi connectivity index (χ0n) is 7.88. The van der Waals surface area contributed by atoms with Crippen molar-refractivity contribution in [1.29, 1.82) is 0 Å². The van der Waals surface area contributed by atoms with Gasteiger partial charge in [0.1, 0.15) is 0 Å². The first-order chi connectivity index (χ1) is 5.68. The molecule has 0 radical (unpaired) electrons. The highest BCUT2D eigenvalue weighted by molar-refractivity contribution is 5.29. The number of hydrogen-bond acceptors (Lipinski definition) is 1. The highest BCUT2D eigenvalue weighted by Crippen LogP contribution is 2.44. The van der Waals surface area contributed by atoms with Crippen molar-refractivity contribution in [3.05, 3.63) is 23.4 Å². The lowest BCUT2D eigenvalue weighted by Gasteiger charge is -2.21. The Hall–Kier alpha value is -0.720. The molecule has 0 aromatic rings. The maximum Gasteiger partial charge on any atom is 0.00865 e. The van der Waals surface area contributed by atoms with E-state index in [0.717, 1.165) is 29.9 Å². The van der Waals surface area contributed by atoms with Crippen LogP contribution in [0.1, 0.15) is 26.7 Å². The van der Waals surface area contributed by atoms with Crippen molar-refractivity contribution in [2.24, 2.45) is 23.5 Å². The van der Waals surface area contributed by atoms with Gasteiger partial charge in [-0.2, -0.15) is 0 Å². The minimum atomic E-state index is 0.755. The quantitative estimate of drug-likeness (QED) is 0.583. The molecule has 0 bridgehead atoms. The van der Waals surface area contributed by atoms with E-state index in [2.05, 4.69) is 26.0 Å². The van der Waals surface area contributed by atoms with E-state index in [1.54, 1.807) is 5.57 Å². The average Bonchev–Trinajstić information content (AvgIpc) is 2.28. The molecule has 2 N–H and O–H groups in total. The van der Waals surface area contributed by atoms with Crippen molar-refractivity contribution in [3.63, 3.8) is 0 Å². The minimum absolute atomic E-state index is 0.755. The van der Waals surface area contributed by atoms with E-state index >= 15 is 0 Å². The van der Waals surface area contributed by atoms with Crippen LogP contribution in [0, 0.1) is 17.8 Å². The smallest absolute Gasteiger partial charge is 0.00865 e. The van der Waals surface area contributed by atoms with Crippen molar-refractivity contribution < 1.29 is 0 Å². The van der Waals surface area contributed by atoms with Crippen molar-refractivity contribution in [2.75, 3.05) is 0 Å². The van der Waals surface area contributed by atoms with Crippen LogP contribution in [0.3, 0.4) is 0 Å². The Bertz CT molecular complexity index is 250. The normalized spacial score (nSPS) is 40.3. The lowest BCUT2D eigenvalue weighted by molar-refractivity contribution is 0.445. The number of fused-ring (bicyclic) bond motifs is 1. The summed E-state index contributed by atoms with van der Waals surface area (Å²) in [4.78, 5) is 0. The highest BCUT2D eigenvalue weighted by atomic mass is 14.6. The van der Waals surface area contributed by atoms with Crippen LogP contribution in [-0.4, -0.2) is 0 Å². The molecule has 2 rings (SSSR count). The Morgan fingerprint density at radius 1 is 1.33 bits per heavy atom. The number of hydrogen-bond donors (Lipinski definition) is 1. The first-order valence-corrected chi connectivity index (χ1v) is 4.84. The summed E-state index contributed by atoms with van der Waals surface area (Å²) in [5.74, 6) is 2.37. The average molecular weight is 163 g/mol. The standard InChI is InChI=1S/C11H17N/c1-7-5-8(2)11-6-9(12)3-4-10(7)11/h3-4,7-8,11H,5-6,12H2,1-2H3. The van der Waals surface area contributed by atoms with Gasteiger partial charge in [-0.3, -0.25) is 0 Å². The SMILES string of the molecule is CC1CC(C)C2CC(N)=CC=C12. The molecule has 0 saturated heterocycles. The molecule has 3 atom stereocenters. The summed E-state index contributed by atoms with van der Waals surface area (Å²) in [6.45, 7) is 4.68. The number of rotatable bonds is 0. The topological polar surface area (TPSA) is 26.0 Å². The fourth-order valence-electron chi connectivity index (χ4n) is 2.68. The molecule has 1 fully saturated rings. The molecule has 2 aliphatic carbocycles. The van der Waals surface area contributed by atoms with Gasteiger partial charge in [0.05, 0.1) is 0 Å². The molecular formula is C11H17N. The second-order valence-electron chi connectivity index (χ2n) is 4.33. The predicted molar refractivity (Wildman–Crippen MR) is 51.4 cm³/mol. The van der Waals surface area contributed by atoms with Crippen LogP contribution >= 0.6 is 0 Å². The molecule has 3 unspecified atom stereocenters. The second-order valence-corrected chi connectivity index (χ2v) is 4.33. The first kappa shape index (κ1) is 7.90. The maximum absolute atomic E-state index is 5.81. The summed E-state index contributed by atoms with van der Waals surface area (Å²) >= 11 is 0. The van der Waals surface area contributed by atoms with Gasteiger partial charge in [0.15, 0.2) is 0 Å². The van der Waals surface area contributed by atoms with E-state index in [1.807, 2.05) is 0 Å². The Morgan fingerprint density at radius 2 is 2.08 bits per heavy atom. The van der Waals surface area contributed by atoms with Crippen molar-refractivity contribution in [1.82, 2.24) is 0 Å². The van der Waals surface area contributed by atoms with Crippen LogP contribution in [0.15, 0.2) is 23.4 Å². The Labute approximate surface area is 74.3 Å². The predicted octanol–water partition coefficient (Wildman–Crippen LogP) is 2.45. The number of nitrogens with two attached hydrogens (primary N) is 1. The van der Waals surface area contributed by atoms with Gasteiger partial charge in [-0.25, -0.2) is 0 Å². The van der Waals surface area contributed by atoms with Crippen molar-refractivity contribution in [3.8, 4) is 0 Å². The van der Waals surface area contributed by atoms with E-state index in [4.69, 9.17) is 5.73 Å². The van der Waals surface area contributed by atoms with Gasteiger partial charge in [0, 0.05) is 5.70 Å². The zero-order chi connectivity index (χ0) is 8.72. The first-order valence-electron chi connectivity index (χ1n) is 4.84. The molecule has 0 aromatic heterocycles. The van der Waals surface area contributed by atoms with Crippen LogP contribution < -0.4 is 5.73 Å². The highest BCUT2D eigenvalue weighted by Gasteiger charge is 2.34. The van der Waals surface area contributed by atoms with Crippen LogP contribution in [0.2, 0.25) is 0 Å². The van der Waals surface area contributed by atoms with Crippen LogP contribution in [-0.2, 0) is 0 Å². The molecule has 1 saturated carbocycles. The lowest BCUT2D eigenvalue weighted by atomic mass is 9.86.